The lowest BCUT2D eigenvalue weighted by Gasteiger charge is -2.11. The fourth-order valence-corrected chi connectivity index (χ4v) is 4.15. The Bertz CT molecular complexity index is 1080. The zero-order valence-electron chi connectivity index (χ0n) is 16.2. The molecule has 0 aliphatic rings. The molecule has 0 unspecified atom stereocenters. The first kappa shape index (κ1) is 19.9. The molecule has 7 nitrogen and oxygen atoms in total. The minimum atomic E-state index is -0.485. The third-order valence-electron chi connectivity index (χ3n) is 4.59. The maximum absolute atomic E-state index is 12.9. The number of aromatic amines is 2. The molecule has 3 aromatic rings. The Morgan fingerprint density at radius 3 is 2.50 bits per heavy atom. The number of thioether (sulfide) groups is 1. The van der Waals surface area contributed by atoms with Crippen molar-refractivity contribution in [1.29, 1.82) is 0 Å². The van der Waals surface area contributed by atoms with E-state index in [1.54, 1.807) is 20.8 Å². The molecule has 3 rings (SSSR count). The van der Waals surface area contributed by atoms with Gasteiger partial charge in [0.15, 0.2) is 16.7 Å². The quantitative estimate of drug-likeness (QED) is 0.470. The molecular weight excluding hydrogens is 376 g/mol. The van der Waals surface area contributed by atoms with Gasteiger partial charge in [-0.3, -0.25) is 14.2 Å². The fraction of sp³-hybridized carbons (Fsp3) is 0.300. The van der Waals surface area contributed by atoms with Gasteiger partial charge < -0.3 is 4.98 Å². The summed E-state index contributed by atoms with van der Waals surface area (Å²) in [5.74, 6) is -0.214. The first-order chi connectivity index (χ1) is 13.3. The summed E-state index contributed by atoms with van der Waals surface area (Å²) in [7, 11) is 0. The van der Waals surface area contributed by atoms with E-state index in [9.17, 15) is 14.4 Å². The van der Waals surface area contributed by atoms with Crippen molar-refractivity contribution >= 4 is 23.3 Å². The van der Waals surface area contributed by atoms with Crippen molar-refractivity contribution in [3.8, 4) is 0 Å². The third-order valence-corrected chi connectivity index (χ3v) is 5.68. The first-order valence-electron chi connectivity index (χ1n) is 8.89. The van der Waals surface area contributed by atoms with Crippen LogP contribution in [0.4, 0.5) is 0 Å². The Hall–Kier alpha value is -2.87. The molecule has 0 fully saturated rings. The second-order valence-corrected chi connectivity index (χ2v) is 8.00. The van der Waals surface area contributed by atoms with Gasteiger partial charge in [-0.15, -0.1) is 5.10 Å². The van der Waals surface area contributed by atoms with Crippen molar-refractivity contribution < 1.29 is 9.59 Å². The number of ketones is 2. The summed E-state index contributed by atoms with van der Waals surface area (Å²) in [5, 5.41) is 6.49. The van der Waals surface area contributed by atoms with E-state index in [1.165, 1.54) is 23.3 Å². The number of carbonyl (C=O) groups excluding carboxylic acids is 2. The molecule has 1 aromatic carbocycles. The molecule has 1 atom stereocenters. The lowest BCUT2D eigenvalue weighted by atomic mass is 10.0. The average Bonchev–Trinajstić information content (AvgIpc) is 3.15. The van der Waals surface area contributed by atoms with Crippen LogP contribution in [0.15, 0.2) is 40.3 Å². The van der Waals surface area contributed by atoms with E-state index in [-0.39, 0.29) is 17.3 Å². The zero-order chi connectivity index (χ0) is 20.4. The molecule has 0 spiro atoms. The Morgan fingerprint density at radius 1 is 1.21 bits per heavy atom. The summed E-state index contributed by atoms with van der Waals surface area (Å²) in [6.07, 6.45) is 0. The number of aromatic nitrogens is 4. The van der Waals surface area contributed by atoms with E-state index >= 15 is 0 Å². The lowest BCUT2D eigenvalue weighted by molar-refractivity contribution is 0.0988. The Morgan fingerprint density at radius 2 is 1.89 bits per heavy atom. The number of nitrogens with one attached hydrogen (secondary N) is 2. The highest BCUT2D eigenvalue weighted by molar-refractivity contribution is 8.00. The number of carbonyl (C=O) groups is 2. The topological polar surface area (TPSA) is 101 Å². The molecule has 0 aliphatic carbocycles. The molecule has 2 N–H and O–H groups in total. The number of hydrogen-bond donors (Lipinski definition) is 2. The molecule has 2 heterocycles. The summed E-state index contributed by atoms with van der Waals surface area (Å²) in [6.45, 7) is 7.17. The number of aryl methyl sites for hydroxylation is 1. The predicted molar refractivity (Wildman–Crippen MR) is 108 cm³/mol. The number of H-pyrrole nitrogens is 2. The fourth-order valence-electron chi connectivity index (χ4n) is 3.24. The maximum atomic E-state index is 12.9. The second kappa shape index (κ2) is 8.02. The van der Waals surface area contributed by atoms with E-state index < -0.39 is 5.25 Å². The van der Waals surface area contributed by atoms with Crippen LogP contribution < -0.4 is 5.69 Å². The highest BCUT2D eigenvalue weighted by Gasteiger charge is 2.26. The Labute approximate surface area is 166 Å². The number of rotatable bonds is 7. The smallest absolute Gasteiger partial charge is 0.344 e. The second-order valence-electron chi connectivity index (χ2n) is 6.69. The molecule has 146 valence electrons. The van der Waals surface area contributed by atoms with Gasteiger partial charge in [-0.05, 0) is 38.8 Å². The Kier molecular flexibility index (Phi) is 5.69. The monoisotopic (exact) mass is 398 g/mol. The molecular formula is C20H22N4O3S. The highest BCUT2D eigenvalue weighted by Crippen LogP contribution is 2.26. The van der Waals surface area contributed by atoms with Crippen molar-refractivity contribution in [3.05, 3.63) is 68.9 Å². The summed E-state index contributed by atoms with van der Waals surface area (Å²) >= 11 is 1.21. The summed E-state index contributed by atoms with van der Waals surface area (Å²) in [6, 6.07) is 9.58. The van der Waals surface area contributed by atoms with Gasteiger partial charge in [0, 0.05) is 11.3 Å². The van der Waals surface area contributed by atoms with E-state index in [4.69, 9.17) is 0 Å². The van der Waals surface area contributed by atoms with Crippen LogP contribution in [-0.4, -0.2) is 36.6 Å². The number of hydrogen-bond acceptors (Lipinski definition) is 5. The van der Waals surface area contributed by atoms with Crippen molar-refractivity contribution in [1.82, 2.24) is 19.7 Å². The Balaban J connectivity index is 1.83. The lowest BCUT2D eigenvalue weighted by Crippen LogP contribution is -2.20. The van der Waals surface area contributed by atoms with Crippen LogP contribution in [0, 0.1) is 13.8 Å². The first-order valence-corrected chi connectivity index (χ1v) is 9.77. The zero-order valence-corrected chi connectivity index (χ0v) is 17.0. The van der Waals surface area contributed by atoms with Crippen molar-refractivity contribution in [3.63, 3.8) is 0 Å². The van der Waals surface area contributed by atoms with Gasteiger partial charge in [-0.2, -0.15) is 0 Å². The van der Waals surface area contributed by atoms with Gasteiger partial charge in [0.1, 0.15) is 0 Å². The molecule has 0 amide bonds. The van der Waals surface area contributed by atoms with E-state index in [1.807, 2.05) is 30.3 Å². The molecule has 8 heteroatoms. The van der Waals surface area contributed by atoms with Crippen molar-refractivity contribution in [2.75, 3.05) is 0 Å². The largest absolute Gasteiger partial charge is 0.355 e. The summed E-state index contributed by atoms with van der Waals surface area (Å²) in [5.41, 5.74) is 2.97. The minimum absolute atomic E-state index is 0.0744. The van der Waals surface area contributed by atoms with Crippen molar-refractivity contribution in [2.45, 2.75) is 44.6 Å². The van der Waals surface area contributed by atoms with E-state index in [2.05, 4.69) is 15.2 Å². The van der Waals surface area contributed by atoms with Crippen LogP contribution in [0.3, 0.4) is 0 Å². The van der Waals surface area contributed by atoms with Gasteiger partial charge in [0.25, 0.3) is 0 Å². The molecule has 0 aliphatic heterocycles. The van der Waals surface area contributed by atoms with Crippen LogP contribution >= 0.6 is 11.8 Å². The summed E-state index contributed by atoms with van der Waals surface area (Å²) < 4.78 is 1.51. The molecule has 2 aromatic heterocycles. The maximum Gasteiger partial charge on any atom is 0.344 e. The molecule has 0 saturated carbocycles. The third kappa shape index (κ3) is 3.87. The number of benzene rings is 1. The SMILES string of the molecule is CC(=O)c1c(C)[nH]c(C(=O)[C@@H](C)Sc2n[nH]c(=O)n2Cc2ccccc2)c1C. The summed E-state index contributed by atoms with van der Waals surface area (Å²) in [4.78, 5) is 39.9. The van der Waals surface area contributed by atoms with Crippen LogP contribution in [0.5, 0.6) is 0 Å². The molecule has 0 bridgehead atoms. The van der Waals surface area contributed by atoms with Crippen LogP contribution in [0.2, 0.25) is 0 Å². The van der Waals surface area contributed by atoms with Gasteiger partial charge in [-0.25, -0.2) is 9.89 Å². The van der Waals surface area contributed by atoms with Crippen LogP contribution in [-0.2, 0) is 6.54 Å². The number of Topliss-reactive ketones (excluding diaryl/α,β-unsaturated/α-hetero) is 2. The van der Waals surface area contributed by atoms with Crippen LogP contribution in [0.25, 0.3) is 0 Å². The van der Waals surface area contributed by atoms with Gasteiger partial charge >= 0.3 is 5.69 Å². The highest BCUT2D eigenvalue weighted by atomic mass is 32.2. The normalized spacial score (nSPS) is 12.1. The number of nitrogens with zero attached hydrogens (tertiary/aromatic N) is 2. The standard InChI is InChI=1S/C20H22N4O3S/c1-11-16(13(3)25)12(2)21-17(11)18(26)14(4)28-20-23-22-19(27)24(20)10-15-8-6-5-7-9-15/h5-9,14,21H,10H2,1-4H3,(H,22,27)/t14-/m1/s1. The van der Waals surface area contributed by atoms with Crippen LogP contribution in [0.1, 0.15) is 51.5 Å². The average molecular weight is 398 g/mol. The molecule has 0 radical (unpaired) electrons. The predicted octanol–water partition coefficient (Wildman–Crippen LogP) is 3.13. The van der Waals surface area contributed by atoms with Gasteiger partial charge in [-0.1, -0.05) is 42.1 Å². The van der Waals surface area contributed by atoms with Gasteiger partial charge in [0.2, 0.25) is 0 Å². The van der Waals surface area contributed by atoms with E-state index in [0.29, 0.717) is 34.2 Å². The molecule has 28 heavy (non-hydrogen) atoms. The minimum Gasteiger partial charge on any atom is -0.355 e. The van der Waals surface area contributed by atoms with Gasteiger partial charge in [0.05, 0.1) is 17.5 Å². The van der Waals surface area contributed by atoms with E-state index in [0.717, 1.165) is 5.56 Å². The molecule has 0 saturated heterocycles. The van der Waals surface area contributed by atoms with Crippen molar-refractivity contribution in [2.24, 2.45) is 0 Å².